The fourth-order valence-corrected chi connectivity index (χ4v) is 4.23. The van der Waals surface area contributed by atoms with E-state index in [0.29, 0.717) is 97.3 Å². The number of hydrogen-bond acceptors (Lipinski definition) is 12. The van der Waals surface area contributed by atoms with E-state index in [1.54, 1.807) is 26.4 Å². The molecule has 0 heterocycles. The number of aliphatic hydroxyl groups excluding tert-OH is 1. The maximum atomic E-state index is 13.0. The third kappa shape index (κ3) is 21.4. The van der Waals surface area contributed by atoms with Crippen LogP contribution in [0.3, 0.4) is 0 Å². The molecule has 0 aromatic heterocycles. The van der Waals surface area contributed by atoms with Crippen LogP contribution in [0.4, 0.5) is 0 Å². The van der Waals surface area contributed by atoms with Gasteiger partial charge in [-0.05, 0) is 37.3 Å². The molecular formula is C33H58O12. The van der Waals surface area contributed by atoms with Crippen LogP contribution < -0.4 is 9.47 Å². The first-order valence-corrected chi connectivity index (χ1v) is 16.1. The topological polar surface area (TPSA) is 141 Å². The van der Waals surface area contributed by atoms with E-state index in [-0.39, 0.29) is 55.4 Å². The van der Waals surface area contributed by atoms with Crippen molar-refractivity contribution in [1.82, 2.24) is 0 Å². The molecule has 0 radical (unpaired) electrons. The number of ether oxygens (including phenoxy) is 9. The summed E-state index contributed by atoms with van der Waals surface area (Å²) in [5.74, 6) is 0.347. The van der Waals surface area contributed by atoms with Crippen LogP contribution in [0, 0.1) is 5.92 Å². The van der Waals surface area contributed by atoms with Crippen LogP contribution in [-0.4, -0.2) is 129 Å². The lowest BCUT2D eigenvalue weighted by atomic mass is 9.96. The SMILES string of the molecule is CCCC(C)CC(=O)c1cc(OCCOCCCC(O)CCOCCOC)c(O)c(OCCOCCOCCOCCOC)c1. The Bertz CT molecular complexity index is 853. The van der Waals surface area contributed by atoms with Crippen molar-refractivity contribution >= 4 is 5.78 Å². The number of ketones is 1. The van der Waals surface area contributed by atoms with Crippen molar-refractivity contribution in [2.24, 2.45) is 5.92 Å². The number of carbonyl (C=O) groups is 1. The molecule has 0 saturated heterocycles. The van der Waals surface area contributed by atoms with Crippen LogP contribution in [0.15, 0.2) is 12.1 Å². The molecule has 0 fully saturated rings. The Balaban J connectivity index is 2.49. The van der Waals surface area contributed by atoms with Crippen molar-refractivity contribution in [3.05, 3.63) is 17.7 Å². The van der Waals surface area contributed by atoms with Gasteiger partial charge in [0.1, 0.15) is 13.2 Å². The van der Waals surface area contributed by atoms with Crippen molar-refractivity contribution < 1.29 is 57.6 Å². The average molecular weight is 647 g/mol. The Morgan fingerprint density at radius 1 is 0.667 bits per heavy atom. The number of rotatable bonds is 32. The molecule has 0 aliphatic heterocycles. The number of aliphatic hydroxyl groups is 1. The minimum absolute atomic E-state index is 0.0378. The molecule has 1 aromatic carbocycles. The van der Waals surface area contributed by atoms with Gasteiger partial charge in [-0.2, -0.15) is 0 Å². The van der Waals surface area contributed by atoms with Crippen molar-refractivity contribution in [2.75, 3.05) is 107 Å². The van der Waals surface area contributed by atoms with Gasteiger partial charge in [0.2, 0.25) is 5.75 Å². The molecule has 2 unspecified atom stereocenters. The van der Waals surface area contributed by atoms with Crippen LogP contribution in [0.25, 0.3) is 0 Å². The molecule has 1 rings (SSSR count). The van der Waals surface area contributed by atoms with Gasteiger partial charge in [0.15, 0.2) is 17.3 Å². The first kappa shape index (κ1) is 41.0. The zero-order valence-corrected chi connectivity index (χ0v) is 27.9. The quantitative estimate of drug-likeness (QED) is 0.0861. The van der Waals surface area contributed by atoms with E-state index >= 15 is 0 Å². The zero-order chi connectivity index (χ0) is 33.0. The molecule has 0 aliphatic rings. The van der Waals surface area contributed by atoms with Gasteiger partial charge in [-0.3, -0.25) is 4.79 Å². The molecule has 12 nitrogen and oxygen atoms in total. The Kier molecular flexibility index (Phi) is 25.7. The Morgan fingerprint density at radius 3 is 1.64 bits per heavy atom. The first-order chi connectivity index (χ1) is 21.9. The van der Waals surface area contributed by atoms with Gasteiger partial charge < -0.3 is 52.8 Å². The normalized spacial score (nSPS) is 12.7. The maximum absolute atomic E-state index is 13.0. The predicted molar refractivity (Wildman–Crippen MR) is 170 cm³/mol. The molecule has 0 bridgehead atoms. The summed E-state index contributed by atoms with van der Waals surface area (Å²) in [4.78, 5) is 13.0. The number of Topliss-reactive ketones (excluding diaryl/α,β-unsaturated/α-hetero) is 1. The molecule has 0 amide bonds. The second kappa shape index (κ2) is 28.2. The summed E-state index contributed by atoms with van der Waals surface area (Å²) in [6, 6.07) is 3.11. The van der Waals surface area contributed by atoms with Crippen molar-refractivity contribution in [2.45, 2.75) is 58.5 Å². The van der Waals surface area contributed by atoms with E-state index in [2.05, 4.69) is 13.8 Å². The lowest BCUT2D eigenvalue weighted by Gasteiger charge is -2.16. The maximum Gasteiger partial charge on any atom is 0.200 e. The van der Waals surface area contributed by atoms with Gasteiger partial charge in [0, 0.05) is 39.4 Å². The van der Waals surface area contributed by atoms with E-state index in [9.17, 15) is 15.0 Å². The summed E-state index contributed by atoms with van der Waals surface area (Å²) >= 11 is 0. The smallest absolute Gasteiger partial charge is 0.200 e. The monoisotopic (exact) mass is 646 g/mol. The molecule has 1 aromatic rings. The highest BCUT2D eigenvalue weighted by molar-refractivity contribution is 5.97. The molecular weight excluding hydrogens is 588 g/mol. The van der Waals surface area contributed by atoms with Gasteiger partial charge in [0.25, 0.3) is 0 Å². The van der Waals surface area contributed by atoms with E-state index in [0.717, 1.165) is 12.8 Å². The summed E-state index contributed by atoms with van der Waals surface area (Å²) in [6.45, 7) is 9.92. The highest BCUT2D eigenvalue weighted by Gasteiger charge is 2.18. The lowest BCUT2D eigenvalue weighted by Crippen LogP contribution is -2.14. The Hall–Kier alpha value is -2.03. The first-order valence-electron chi connectivity index (χ1n) is 16.1. The third-order valence-electron chi connectivity index (χ3n) is 6.68. The fourth-order valence-electron chi connectivity index (χ4n) is 4.23. The van der Waals surface area contributed by atoms with Crippen molar-refractivity contribution in [1.29, 1.82) is 0 Å². The minimum Gasteiger partial charge on any atom is -0.502 e. The molecule has 0 saturated carbocycles. The molecule has 262 valence electrons. The molecule has 2 atom stereocenters. The zero-order valence-electron chi connectivity index (χ0n) is 27.9. The average Bonchev–Trinajstić information content (AvgIpc) is 3.02. The van der Waals surface area contributed by atoms with Crippen LogP contribution in [-0.2, 0) is 33.2 Å². The number of carbonyl (C=O) groups excluding carboxylic acids is 1. The van der Waals surface area contributed by atoms with Crippen molar-refractivity contribution in [3.63, 3.8) is 0 Å². The Labute approximate surface area is 269 Å². The van der Waals surface area contributed by atoms with Crippen molar-refractivity contribution in [3.8, 4) is 17.2 Å². The Morgan fingerprint density at radius 2 is 1.13 bits per heavy atom. The second-order valence-electron chi connectivity index (χ2n) is 10.7. The standard InChI is InChI=1S/C33H58O12/c1-5-7-27(2)24-30(35)28-25-31(44-22-20-39-10-6-8-29(34)9-11-40-14-12-37-3)33(36)32(26-28)45-23-21-43-19-18-42-17-16-41-15-13-38-4/h25-27,29,34,36H,5-24H2,1-4H3. The highest BCUT2D eigenvalue weighted by atomic mass is 16.6. The van der Waals surface area contributed by atoms with Crippen LogP contribution >= 0.6 is 0 Å². The molecule has 0 spiro atoms. The van der Waals surface area contributed by atoms with E-state index < -0.39 is 6.10 Å². The highest BCUT2D eigenvalue weighted by Crippen LogP contribution is 2.38. The van der Waals surface area contributed by atoms with E-state index in [1.807, 2.05) is 0 Å². The van der Waals surface area contributed by atoms with Gasteiger partial charge in [-0.25, -0.2) is 0 Å². The van der Waals surface area contributed by atoms with Crippen LogP contribution in [0.5, 0.6) is 17.2 Å². The number of aromatic hydroxyl groups is 1. The molecule has 12 heteroatoms. The molecule has 45 heavy (non-hydrogen) atoms. The summed E-state index contributed by atoms with van der Waals surface area (Å²) in [7, 11) is 3.25. The van der Waals surface area contributed by atoms with Gasteiger partial charge in [-0.15, -0.1) is 0 Å². The largest absolute Gasteiger partial charge is 0.502 e. The van der Waals surface area contributed by atoms with Crippen LogP contribution in [0.2, 0.25) is 0 Å². The van der Waals surface area contributed by atoms with E-state index in [1.165, 1.54) is 0 Å². The third-order valence-corrected chi connectivity index (χ3v) is 6.68. The molecule has 2 N–H and O–H groups in total. The summed E-state index contributed by atoms with van der Waals surface area (Å²) in [5.41, 5.74) is 0.420. The minimum atomic E-state index is -0.446. The lowest BCUT2D eigenvalue weighted by molar-refractivity contribution is 0.0000657. The summed E-state index contributed by atoms with van der Waals surface area (Å²) < 4.78 is 48.8. The van der Waals surface area contributed by atoms with Gasteiger partial charge in [-0.1, -0.05) is 26.7 Å². The fraction of sp³-hybridized carbons (Fsp3) is 0.788. The van der Waals surface area contributed by atoms with Crippen LogP contribution in [0.1, 0.15) is 62.7 Å². The van der Waals surface area contributed by atoms with Gasteiger partial charge in [0.05, 0.1) is 72.2 Å². The summed E-state index contributed by atoms with van der Waals surface area (Å²) in [5, 5.41) is 20.9. The van der Waals surface area contributed by atoms with E-state index in [4.69, 9.17) is 42.6 Å². The predicted octanol–water partition coefficient (Wildman–Crippen LogP) is 4.07. The number of phenolic OH excluding ortho intramolecular Hbond substituents is 1. The summed E-state index contributed by atoms with van der Waals surface area (Å²) in [6.07, 6.45) is 3.77. The molecule has 0 aliphatic carbocycles. The number of hydrogen-bond donors (Lipinski definition) is 2. The van der Waals surface area contributed by atoms with Gasteiger partial charge >= 0.3 is 0 Å². The number of methoxy groups -OCH3 is 2. The second-order valence-corrected chi connectivity index (χ2v) is 10.7. The number of benzene rings is 1. The number of phenols is 1.